The van der Waals surface area contributed by atoms with Crippen LogP contribution in [0.5, 0.6) is 0 Å². The molecule has 5 aromatic carbocycles. The van der Waals surface area contributed by atoms with Crippen LogP contribution in [0.25, 0.3) is 49.7 Å². The maximum atomic E-state index is 3.62. The molecule has 0 saturated heterocycles. The van der Waals surface area contributed by atoms with Crippen molar-refractivity contribution in [1.82, 2.24) is 4.57 Å². The van der Waals surface area contributed by atoms with Crippen LogP contribution >= 0.6 is 0 Å². The summed E-state index contributed by atoms with van der Waals surface area (Å²) in [6.07, 6.45) is 0. The first kappa shape index (κ1) is 18.3. The van der Waals surface area contributed by atoms with Crippen LogP contribution in [0.4, 0.5) is 5.69 Å². The molecule has 0 radical (unpaired) electrons. The Labute approximate surface area is 192 Å². The lowest BCUT2D eigenvalue weighted by atomic mass is 9.92. The Kier molecular flexibility index (Phi) is 3.94. The van der Waals surface area contributed by atoms with Crippen LogP contribution in [0.1, 0.15) is 5.56 Å². The molecule has 156 valence electrons. The Hall–Kier alpha value is -4.30. The number of aromatic nitrogens is 1. The normalized spacial score (nSPS) is 12.4. The Balaban J connectivity index is 1.41. The van der Waals surface area contributed by atoms with Gasteiger partial charge in [0.15, 0.2) is 0 Å². The summed E-state index contributed by atoms with van der Waals surface area (Å²) in [4.78, 5) is 0. The van der Waals surface area contributed by atoms with Crippen molar-refractivity contribution in [2.24, 2.45) is 0 Å². The topological polar surface area (TPSA) is 17.0 Å². The lowest BCUT2D eigenvalue weighted by Crippen LogP contribution is -2.08. The van der Waals surface area contributed by atoms with Crippen molar-refractivity contribution in [3.05, 3.63) is 121 Å². The van der Waals surface area contributed by atoms with Crippen molar-refractivity contribution >= 4 is 27.5 Å². The average Bonchev–Trinajstić information content (AvgIpc) is 3.22. The van der Waals surface area contributed by atoms with Gasteiger partial charge >= 0.3 is 0 Å². The summed E-state index contributed by atoms with van der Waals surface area (Å²) < 4.78 is 2.36. The van der Waals surface area contributed by atoms with Crippen LogP contribution in [0.2, 0.25) is 0 Å². The van der Waals surface area contributed by atoms with E-state index >= 15 is 0 Å². The van der Waals surface area contributed by atoms with Crippen molar-refractivity contribution in [2.75, 3.05) is 5.32 Å². The predicted molar refractivity (Wildman–Crippen MR) is 139 cm³/mol. The number of fused-ring (bicyclic) bond motifs is 6. The summed E-state index contributed by atoms with van der Waals surface area (Å²) in [7, 11) is 0. The zero-order valence-electron chi connectivity index (χ0n) is 18.1. The fraction of sp³-hybridized carbons (Fsp3) is 0.0323. The van der Waals surface area contributed by atoms with Gasteiger partial charge in [0, 0.05) is 34.3 Å². The monoisotopic (exact) mass is 422 g/mol. The Morgan fingerprint density at radius 3 is 2.21 bits per heavy atom. The van der Waals surface area contributed by atoms with Gasteiger partial charge in [-0.3, -0.25) is 0 Å². The number of para-hydroxylation sites is 2. The SMILES string of the molecule is c1ccc(-n2c3ccccc3c3cc(-c4ccc5c(c4)NCc4ccccc4-5)ccc32)cc1. The fourth-order valence-electron chi connectivity index (χ4n) is 5.24. The van der Waals surface area contributed by atoms with Crippen LogP contribution in [-0.4, -0.2) is 4.57 Å². The molecule has 2 nitrogen and oxygen atoms in total. The van der Waals surface area contributed by atoms with Crippen molar-refractivity contribution < 1.29 is 0 Å². The van der Waals surface area contributed by atoms with Gasteiger partial charge in [-0.2, -0.15) is 0 Å². The summed E-state index contributed by atoms with van der Waals surface area (Å²) in [5.41, 5.74) is 11.3. The summed E-state index contributed by atoms with van der Waals surface area (Å²) in [6, 6.07) is 41.6. The number of hydrogen-bond acceptors (Lipinski definition) is 1. The molecule has 0 amide bonds. The second-order valence-corrected chi connectivity index (χ2v) is 8.69. The van der Waals surface area contributed by atoms with Gasteiger partial charge in [0.05, 0.1) is 11.0 Å². The first-order chi connectivity index (χ1) is 16.4. The van der Waals surface area contributed by atoms with Gasteiger partial charge in [-0.25, -0.2) is 0 Å². The van der Waals surface area contributed by atoms with E-state index in [4.69, 9.17) is 0 Å². The minimum atomic E-state index is 0.871. The van der Waals surface area contributed by atoms with Gasteiger partial charge in [-0.1, -0.05) is 78.9 Å². The number of anilines is 1. The number of benzene rings is 5. The van der Waals surface area contributed by atoms with Crippen molar-refractivity contribution in [3.63, 3.8) is 0 Å². The summed E-state index contributed by atoms with van der Waals surface area (Å²) in [5, 5.41) is 6.18. The molecule has 33 heavy (non-hydrogen) atoms. The molecule has 1 aliphatic heterocycles. The van der Waals surface area contributed by atoms with Crippen LogP contribution < -0.4 is 5.32 Å². The Bertz CT molecular complexity index is 1660. The molecule has 0 saturated carbocycles. The molecule has 0 unspecified atom stereocenters. The van der Waals surface area contributed by atoms with Crippen LogP contribution in [-0.2, 0) is 6.54 Å². The largest absolute Gasteiger partial charge is 0.380 e. The molecule has 2 heterocycles. The standard InChI is InChI=1S/C31H22N2/c1-2-9-24(10-3-1)33-30-13-7-6-12-27(30)28-18-21(15-17-31(28)33)22-14-16-26-25-11-5-4-8-23(25)20-32-29(26)19-22/h1-19,32H,20H2. The molecule has 0 aliphatic carbocycles. The van der Waals surface area contributed by atoms with E-state index in [1.54, 1.807) is 0 Å². The molecule has 0 spiro atoms. The van der Waals surface area contributed by atoms with Crippen LogP contribution in [0.3, 0.4) is 0 Å². The molecule has 0 atom stereocenters. The minimum Gasteiger partial charge on any atom is -0.380 e. The van der Waals surface area contributed by atoms with Crippen LogP contribution in [0, 0.1) is 0 Å². The van der Waals surface area contributed by atoms with E-state index in [1.807, 2.05) is 0 Å². The van der Waals surface area contributed by atoms with E-state index in [9.17, 15) is 0 Å². The molecule has 0 fully saturated rings. The zero-order valence-corrected chi connectivity index (χ0v) is 18.1. The number of nitrogens with zero attached hydrogens (tertiary/aromatic N) is 1. The minimum absolute atomic E-state index is 0.871. The highest BCUT2D eigenvalue weighted by atomic mass is 15.0. The van der Waals surface area contributed by atoms with E-state index in [-0.39, 0.29) is 0 Å². The first-order valence-electron chi connectivity index (χ1n) is 11.4. The smallest absolute Gasteiger partial charge is 0.0541 e. The van der Waals surface area contributed by atoms with Crippen LogP contribution in [0.15, 0.2) is 115 Å². The number of hydrogen-bond donors (Lipinski definition) is 1. The van der Waals surface area contributed by atoms with Gasteiger partial charge in [-0.05, 0) is 58.7 Å². The van der Waals surface area contributed by atoms with Gasteiger partial charge in [0.25, 0.3) is 0 Å². The van der Waals surface area contributed by atoms with E-state index < -0.39 is 0 Å². The summed E-state index contributed by atoms with van der Waals surface area (Å²) in [5.74, 6) is 0. The molecule has 1 aromatic heterocycles. The Morgan fingerprint density at radius 1 is 0.545 bits per heavy atom. The highest BCUT2D eigenvalue weighted by molar-refractivity contribution is 6.10. The third-order valence-corrected chi connectivity index (χ3v) is 6.82. The molecule has 6 aromatic rings. The van der Waals surface area contributed by atoms with Crippen molar-refractivity contribution in [3.8, 4) is 27.9 Å². The van der Waals surface area contributed by atoms with E-state index in [0.29, 0.717) is 0 Å². The third-order valence-electron chi connectivity index (χ3n) is 6.82. The quantitative estimate of drug-likeness (QED) is 0.299. The molecule has 2 heteroatoms. The molecular weight excluding hydrogens is 400 g/mol. The predicted octanol–water partition coefficient (Wildman–Crippen LogP) is 8.04. The first-order valence-corrected chi connectivity index (χ1v) is 11.4. The second-order valence-electron chi connectivity index (χ2n) is 8.69. The second kappa shape index (κ2) is 7.11. The highest BCUT2D eigenvalue weighted by Gasteiger charge is 2.17. The molecule has 0 bridgehead atoms. The summed E-state index contributed by atoms with van der Waals surface area (Å²) >= 11 is 0. The Morgan fingerprint density at radius 2 is 1.27 bits per heavy atom. The van der Waals surface area contributed by atoms with Gasteiger partial charge in [0.2, 0.25) is 0 Å². The summed E-state index contributed by atoms with van der Waals surface area (Å²) in [6.45, 7) is 0.871. The molecule has 1 aliphatic rings. The van der Waals surface area contributed by atoms with Crippen molar-refractivity contribution in [1.29, 1.82) is 0 Å². The van der Waals surface area contributed by atoms with Gasteiger partial charge in [0.1, 0.15) is 0 Å². The van der Waals surface area contributed by atoms with Gasteiger partial charge in [-0.15, -0.1) is 0 Å². The van der Waals surface area contributed by atoms with E-state index in [0.717, 1.165) is 6.54 Å². The van der Waals surface area contributed by atoms with Crippen molar-refractivity contribution in [2.45, 2.75) is 6.54 Å². The lowest BCUT2D eigenvalue weighted by molar-refractivity contribution is 1.13. The zero-order chi connectivity index (χ0) is 21.8. The highest BCUT2D eigenvalue weighted by Crippen LogP contribution is 2.39. The van der Waals surface area contributed by atoms with E-state index in [2.05, 4.69) is 125 Å². The maximum Gasteiger partial charge on any atom is 0.0541 e. The maximum absolute atomic E-state index is 3.62. The molecular formula is C31H22N2. The van der Waals surface area contributed by atoms with Gasteiger partial charge < -0.3 is 9.88 Å². The average molecular weight is 423 g/mol. The fourth-order valence-corrected chi connectivity index (χ4v) is 5.24. The molecule has 1 N–H and O–H groups in total. The number of rotatable bonds is 2. The number of nitrogens with one attached hydrogen (secondary N) is 1. The van der Waals surface area contributed by atoms with E-state index in [1.165, 1.54) is 61.0 Å². The lowest BCUT2D eigenvalue weighted by Gasteiger charge is -2.22. The third kappa shape index (κ3) is 2.81. The molecule has 7 rings (SSSR count).